The summed E-state index contributed by atoms with van der Waals surface area (Å²) >= 11 is 0. The first-order chi connectivity index (χ1) is 7.13. The molecule has 4 heteroatoms. The predicted molar refractivity (Wildman–Crippen MR) is 58.5 cm³/mol. The Kier molecular flexibility index (Phi) is 4.78. The first-order valence-electron chi connectivity index (χ1n) is 5.43. The van der Waals surface area contributed by atoms with Gasteiger partial charge in [0.05, 0.1) is 18.3 Å². The molecule has 0 bridgehead atoms. The number of hydrogen-bond acceptors (Lipinski definition) is 4. The van der Waals surface area contributed by atoms with E-state index >= 15 is 0 Å². The molecule has 1 unspecified atom stereocenters. The van der Waals surface area contributed by atoms with E-state index in [1.165, 1.54) is 0 Å². The fourth-order valence-corrected chi connectivity index (χ4v) is 1.23. The molecule has 0 radical (unpaired) electrons. The lowest BCUT2D eigenvalue weighted by molar-refractivity contribution is 0.0536. The zero-order valence-electron chi connectivity index (χ0n) is 9.91. The van der Waals surface area contributed by atoms with Crippen molar-refractivity contribution in [1.82, 2.24) is 10.3 Å². The van der Waals surface area contributed by atoms with Crippen LogP contribution in [0.3, 0.4) is 0 Å². The van der Waals surface area contributed by atoms with Gasteiger partial charge in [0.25, 0.3) is 0 Å². The van der Waals surface area contributed by atoms with Crippen LogP contribution in [-0.4, -0.2) is 17.6 Å². The molecule has 1 atom stereocenters. The maximum atomic E-state index is 5.55. The highest BCUT2D eigenvalue weighted by Crippen LogP contribution is 2.13. The summed E-state index contributed by atoms with van der Waals surface area (Å²) in [6.45, 7) is 9.48. The minimum absolute atomic E-state index is 0.155. The predicted octanol–water partition coefficient (Wildman–Crippen LogP) is 2.27. The van der Waals surface area contributed by atoms with Gasteiger partial charge in [0.1, 0.15) is 12.4 Å². The van der Waals surface area contributed by atoms with Crippen LogP contribution in [0.15, 0.2) is 10.6 Å². The minimum atomic E-state index is 0.155. The smallest absolute Gasteiger partial charge is 0.211 e. The van der Waals surface area contributed by atoms with E-state index in [1.807, 2.05) is 20.8 Å². The van der Waals surface area contributed by atoms with Crippen LogP contribution >= 0.6 is 0 Å². The molecule has 0 amide bonds. The SMILES string of the molecule is CCNC(C)c1ncc(COC(C)C)o1. The number of ether oxygens (including phenoxy) is 1. The molecule has 1 N–H and O–H groups in total. The minimum Gasteiger partial charge on any atom is -0.442 e. The molecular formula is C11H20N2O2. The number of nitrogens with one attached hydrogen (secondary N) is 1. The van der Waals surface area contributed by atoms with Crippen molar-refractivity contribution in [3.63, 3.8) is 0 Å². The summed E-state index contributed by atoms with van der Waals surface area (Å²) in [5.41, 5.74) is 0. The van der Waals surface area contributed by atoms with E-state index < -0.39 is 0 Å². The van der Waals surface area contributed by atoms with Crippen LogP contribution in [0, 0.1) is 0 Å². The van der Waals surface area contributed by atoms with Crippen LogP contribution in [0.5, 0.6) is 0 Å². The Bertz CT molecular complexity index is 284. The Morgan fingerprint density at radius 1 is 1.47 bits per heavy atom. The number of rotatable bonds is 6. The van der Waals surface area contributed by atoms with Crippen LogP contribution in [-0.2, 0) is 11.3 Å². The molecule has 0 aliphatic rings. The van der Waals surface area contributed by atoms with E-state index in [4.69, 9.17) is 9.15 Å². The topological polar surface area (TPSA) is 47.3 Å². The molecule has 15 heavy (non-hydrogen) atoms. The van der Waals surface area contributed by atoms with Crippen molar-refractivity contribution in [2.24, 2.45) is 0 Å². The molecule has 0 saturated carbocycles. The van der Waals surface area contributed by atoms with E-state index in [9.17, 15) is 0 Å². The lowest BCUT2D eigenvalue weighted by Crippen LogP contribution is -2.17. The maximum Gasteiger partial charge on any atom is 0.211 e. The van der Waals surface area contributed by atoms with Crippen LogP contribution in [0.4, 0.5) is 0 Å². The van der Waals surface area contributed by atoms with Crippen LogP contribution in [0.1, 0.15) is 45.4 Å². The largest absolute Gasteiger partial charge is 0.442 e. The zero-order chi connectivity index (χ0) is 11.3. The third-order valence-electron chi connectivity index (χ3n) is 2.01. The van der Waals surface area contributed by atoms with Gasteiger partial charge >= 0.3 is 0 Å². The van der Waals surface area contributed by atoms with Crippen molar-refractivity contribution in [3.05, 3.63) is 17.8 Å². The summed E-state index contributed by atoms with van der Waals surface area (Å²) < 4.78 is 11.0. The highest BCUT2D eigenvalue weighted by molar-refractivity contribution is 4.96. The monoisotopic (exact) mass is 212 g/mol. The van der Waals surface area contributed by atoms with Gasteiger partial charge < -0.3 is 14.5 Å². The second-order valence-corrected chi connectivity index (χ2v) is 3.80. The standard InChI is InChI=1S/C11H20N2O2/c1-5-12-9(4)11-13-6-10(15-11)7-14-8(2)3/h6,8-9,12H,5,7H2,1-4H3. The summed E-state index contributed by atoms with van der Waals surface area (Å²) in [4.78, 5) is 4.20. The van der Waals surface area contributed by atoms with E-state index in [-0.39, 0.29) is 12.1 Å². The van der Waals surface area contributed by atoms with Gasteiger partial charge in [-0.05, 0) is 27.3 Å². The molecule has 0 saturated heterocycles. The van der Waals surface area contributed by atoms with Gasteiger partial charge in [-0.1, -0.05) is 6.92 Å². The number of aromatic nitrogens is 1. The lowest BCUT2D eigenvalue weighted by Gasteiger charge is -2.07. The van der Waals surface area contributed by atoms with Gasteiger partial charge in [-0.2, -0.15) is 0 Å². The quantitative estimate of drug-likeness (QED) is 0.785. The molecule has 0 aromatic carbocycles. The van der Waals surface area contributed by atoms with Crippen molar-refractivity contribution in [3.8, 4) is 0 Å². The zero-order valence-corrected chi connectivity index (χ0v) is 9.91. The summed E-state index contributed by atoms with van der Waals surface area (Å²) in [5.74, 6) is 1.50. The molecule has 0 fully saturated rings. The molecule has 1 aromatic rings. The van der Waals surface area contributed by atoms with Gasteiger partial charge in [-0.25, -0.2) is 4.98 Å². The second-order valence-electron chi connectivity index (χ2n) is 3.80. The van der Waals surface area contributed by atoms with E-state index in [0.29, 0.717) is 6.61 Å². The third-order valence-corrected chi connectivity index (χ3v) is 2.01. The highest BCUT2D eigenvalue weighted by Gasteiger charge is 2.11. The van der Waals surface area contributed by atoms with Crippen LogP contribution in [0.25, 0.3) is 0 Å². The summed E-state index contributed by atoms with van der Waals surface area (Å²) in [6.07, 6.45) is 1.94. The number of nitrogens with zero attached hydrogens (tertiary/aromatic N) is 1. The molecule has 0 aliphatic heterocycles. The van der Waals surface area contributed by atoms with Crippen molar-refractivity contribution >= 4 is 0 Å². The highest BCUT2D eigenvalue weighted by atomic mass is 16.5. The summed E-state index contributed by atoms with van der Waals surface area (Å²) in [6, 6.07) is 0.155. The van der Waals surface area contributed by atoms with E-state index in [2.05, 4.69) is 17.2 Å². The molecule has 1 heterocycles. The normalized spacial score (nSPS) is 13.4. The molecule has 1 rings (SSSR count). The Morgan fingerprint density at radius 2 is 2.20 bits per heavy atom. The Balaban J connectivity index is 2.48. The lowest BCUT2D eigenvalue weighted by atomic mass is 10.3. The van der Waals surface area contributed by atoms with Crippen LogP contribution < -0.4 is 5.32 Å². The Labute approximate surface area is 91.0 Å². The average Bonchev–Trinajstić information content (AvgIpc) is 2.63. The Morgan fingerprint density at radius 3 is 2.80 bits per heavy atom. The Hall–Kier alpha value is -0.870. The van der Waals surface area contributed by atoms with Gasteiger partial charge in [0.15, 0.2) is 0 Å². The summed E-state index contributed by atoms with van der Waals surface area (Å²) in [7, 11) is 0. The molecule has 4 nitrogen and oxygen atoms in total. The summed E-state index contributed by atoms with van der Waals surface area (Å²) in [5, 5.41) is 3.24. The van der Waals surface area contributed by atoms with Crippen molar-refractivity contribution < 1.29 is 9.15 Å². The first-order valence-corrected chi connectivity index (χ1v) is 5.43. The fourth-order valence-electron chi connectivity index (χ4n) is 1.23. The first kappa shape index (κ1) is 12.2. The number of hydrogen-bond donors (Lipinski definition) is 1. The third kappa shape index (κ3) is 4.01. The second kappa shape index (κ2) is 5.88. The fraction of sp³-hybridized carbons (Fsp3) is 0.727. The van der Waals surface area contributed by atoms with Crippen molar-refractivity contribution in [2.75, 3.05) is 6.54 Å². The number of oxazole rings is 1. The van der Waals surface area contributed by atoms with Crippen molar-refractivity contribution in [1.29, 1.82) is 0 Å². The van der Waals surface area contributed by atoms with Crippen molar-refractivity contribution in [2.45, 2.75) is 46.4 Å². The van der Waals surface area contributed by atoms with E-state index in [0.717, 1.165) is 18.2 Å². The molecular weight excluding hydrogens is 192 g/mol. The molecule has 0 spiro atoms. The maximum absolute atomic E-state index is 5.55. The average molecular weight is 212 g/mol. The van der Waals surface area contributed by atoms with Gasteiger partial charge in [-0.3, -0.25) is 0 Å². The molecule has 1 aromatic heterocycles. The van der Waals surface area contributed by atoms with Gasteiger partial charge in [0, 0.05) is 0 Å². The molecule has 0 aliphatic carbocycles. The molecule has 86 valence electrons. The van der Waals surface area contributed by atoms with Crippen LogP contribution in [0.2, 0.25) is 0 Å². The van der Waals surface area contributed by atoms with E-state index in [1.54, 1.807) is 6.20 Å². The van der Waals surface area contributed by atoms with Gasteiger partial charge in [0.2, 0.25) is 5.89 Å². The van der Waals surface area contributed by atoms with Gasteiger partial charge in [-0.15, -0.1) is 0 Å².